The SMILES string of the molecule is CC(C)(N)C(=O)F. The van der Waals surface area contributed by atoms with Crippen LogP contribution < -0.4 is 5.73 Å². The number of carbonyl (C=O) groups is 1. The van der Waals surface area contributed by atoms with Gasteiger partial charge in [-0.2, -0.15) is 4.39 Å². The zero-order valence-corrected chi connectivity index (χ0v) is 4.36. The Hall–Kier alpha value is -0.440. The molecule has 0 amide bonds. The summed E-state index contributed by atoms with van der Waals surface area (Å²) in [5.74, 6) is 0. The molecule has 0 aromatic carbocycles. The van der Waals surface area contributed by atoms with Crippen molar-refractivity contribution in [1.29, 1.82) is 0 Å². The van der Waals surface area contributed by atoms with Gasteiger partial charge < -0.3 is 5.73 Å². The number of hydrogen-bond donors (Lipinski definition) is 1. The van der Waals surface area contributed by atoms with E-state index in [4.69, 9.17) is 5.73 Å². The molecule has 0 fully saturated rings. The van der Waals surface area contributed by atoms with Crippen LogP contribution in [0.2, 0.25) is 0 Å². The summed E-state index contributed by atoms with van der Waals surface area (Å²) in [6.07, 6.45) is 0. The Bertz CT molecular complexity index is 84.2. The third-order valence-electron chi connectivity index (χ3n) is 0.507. The maximum Gasteiger partial charge on any atom is 0.320 e. The minimum atomic E-state index is -1.48. The molecule has 2 N–H and O–H groups in total. The van der Waals surface area contributed by atoms with Crippen LogP contribution in [0.1, 0.15) is 13.8 Å². The van der Waals surface area contributed by atoms with Crippen LogP contribution in [-0.2, 0) is 4.79 Å². The molecule has 7 heavy (non-hydrogen) atoms. The lowest BCUT2D eigenvalue weighted by atomic mass is 10.1. The van der Waals surface area contributed by atoms with E-state index in [9.17, 15) is 9.18 Å². The summed E-state index contributed by atoms with van der Waals surface area (Å²) >= 11 is 0. The Labute approximate surface area is 41.5 Å². The van der Waals surface area contributed by atoms with Crippen LogP contribution in [0.25, 0.3) is 0 Å². The molecule has 0 aliphatic rings. The fraction of sp³-hybridized carbons (Fsp3) is 0.750. The van der Waals surface area contributed by atoms with Crippen molar-refractivity contribution in [3.63, 3.8) is 0 Å². The second kappa shape index (κ2) is 1.58. The topological polar surface area (TPSA) is 43.1 Å². The van der Waals surface area contributed by atoms with Gasteiger partial charge in [0.1, 0.15) is 5.54 Å². The summed E-state index contributed by atoms with van der Waals surface area (Å²) < 4.78 is 11.4. The fourth-order valence-electron chi connectivity index (χ4n) is 0. The molecule has 0 aliphatic heterocycles. The van der Waals surface area contributed by atoms with Gasteiger partial charge in [0, 0.05) is 0 Å². The number of hydrogen-bond acceptors (Lipinski definition) is 2. The third kappa shape index (κ3) is 2.28. The van der Waals surface area contributed by atoms with Gasteiger partial charge in [-0.25, -0.2) is 0 Å². The molecule has 0 aromatic heterocycles. The monoisotopic (exact) mass is 105 g/mol. The first-order valence-corrected chi connectivity index (χ1v) is 1.93. The average Bonchev–Trinajstić information content (AvgIpc) is 1.31. The van der Waals surface area contributed by atoms with E-state index in [0.29, 0.717) is 0 Å². The highest BCUT2D eigenvalue weighted by Gasteiger charge is 2.20. The maximum absolute atomic E-state index is 11.4. The van der Waals surface area contributed by atoms with Crippen molar-refractivity contribution in [2.75, 3.05) is 0 Å². The first kappa shape index (κ1) is 6.56. The summed E-state index contributed by atoms with van der Waals surface area (Å²) in [7, 11) is 0. The van der Waals surface area contributed by atoms with Crippen molar-refractivity contribution in [1.82, 2.24) is 0 Å². The van der Waals surface area contributed by atoms with Crippen molar-refractivity contribution in [3.8, 4) is 0 Å². The van der Waals surface area contributed by atoms with Crippen molar-refractivity contribution in [3.05, 3.63) is 0 Å². The molecule has 2 nitrogen and oxygen atoms in total. The Morgan fingerprint density at radius 2 is 1.86 bits per heavy atom. The highest BCUT2D eigenvalue weighted by atomic mass is 19.1. The summed E-state index contributed by atoms with van der Waals surface area (Å²) in [4.78, 5) is 9.67. The molecule has 0 saturated carbocycles. The first-order chi connectivity index (χ1) is 2.94. The summed E-state index contributed by atoms with van der Waals surface area (Å²) in [5.41, 5.74) is 3.65. The number of rotatable bonds is 1. The Morgan fingerprint density at radius 1 is 1.71 bits per heavy atom. The largest absolute Gasteiger partial charge is 0.320 e. The second-order valence-electron chi connectivity index (χ2n) is 2.00. The molecular weight excluding hydrogens is 97.0 g/mol. The van der Waals surface area contributed by atoms with Gasteiger partial charge in [0.2, 0.25) is 0 Å². The van der Waals surface area contributed by atoms with Crippen LogP contribution in [0.3, 0.4) is 0 Å². The van der Waals surface area contributed by atoms with Crippen molar-refractivity contribution >= 4 is 6.04 Å². The second-order valence-corrected chi connectivity index (χ2v) is 2.00. The molecule has 0 unspecified atom stereocenters. The van der Waals surface area contributed by atoms with Crippen LogP contribution in [0, 0.1) is 0 Å². The summed E-state index contributed by atoms with van der Waals surface area (Å²) in [6.45, 7) is 2.63. The molecule has 0 heterocycles. The van der Waals surface area contributed by atoms with E-state index >= 15 is 0 Å². The van der Waals surface area contributed by atoms with E-state index in [-0.39, 0.29) is 0 Å². The average molecular weight is 105 g/mol. The summed E-state index contributed by atoms with van der Waals surface area (Å²) in [5, 5.41) is 0. The van der Waals surface area contributed by atoms with Gasteiger partial charge in [0.25, 0.3) is 0 Å². The van der Waals surface area contributed by atoms with Gasteiger partial charge >= 0.3 is 6.04 Å². The molecule has 0 radical (unpaired) electrons. The van der Waals surface area contributed by atoms with Crippen molar-refractivity contribution in [2.24, 2.45) is 5.73 Å². The molecule has 0 saturated heterocycles. The van der Waals surface area contributed by atoms with Crippen molar-refractivity contribution < 1.29 is 9.18 Å². The minimum Gasteiger partial charge on any atom is -0.317 e. The van der Waals surface area contributed by atoms with Gasteiger partial charge in [-0.15, -0.1) is 0 Å². The smallest absolute Gasteiger partial charge is 0.317 e. The van der Waals surface area contributed by atoms with Gasteiger partial charge in [-0.05, 0) is 13.8 Å². The highest BCUT2D eigenvalue weighted by molar-refractivity contribution is 5.77. The van der Waals surface area contributed by atoms with E-state index in [2.05, 4.69) is 0 Å². The van der Waals surface area contributed by atoms with E-state index in [1.807, 2.05) is 0 Å². The highest BCUT2D eigenvalue weighted by Crippen LogP contribution is 1.97. The Balaban J connectivity index is 3.79. The summed E-state index contributed by atoms with van der Waals surface area (Å²) in [6, 6.07) is -1.48. The molecule has 0 aromatic rings. The lowest BCUT2D eigenvalue weighted by Crippen LogP contribution is -2.38. The predicted octanol–water partition coefficient (Wildman–Crippen LogP) is 0.220. The molecule has 0 atom stereocenters. The minimum absolute atomic E-state index is 1.31. The first-order valence-electron chi connectivity index (χ1n) is 1.93. The van der Waals surface area contributed by atoms with Gasteiger partial charge in [0.05, 0.1) is 0 Å². The lowest BCUT2D eigenvalue weighted by Gasteiger charge is -2.07. The van der Waals surface area contributed by atoms with E-state index < -0.39 is 11.6 Å². The molecule has 0 spiro atoms. The van der Waals surface area contributed by atoms with Gasteiger partial charge in [-0.1, -0.05) is 0 Å². The third-order valence-corrected chi connectivity index (χ3v) is 0.507. The maximum atomic E-state index is 11.4. The molecule has 42 valence electrons. The van der Waals surface area contributed by atoms with Crippen LogP contribution in [0.4, 0.5) is 4.39 Å². The molecular formula is C4H8FNO. The quantitative estimate of drug-likeness (QED) is 0.485. The van der Waals surface area contributed by atoms with Crippen molar-refractivity contribution in [2.45, 2.75) is 19.4 Å². The van der Waals surface area contributed by atoms with Crippen LogP contribution >= 0.6 is 0 Å². The lowest BCUT2D eigenvalue weighted by molar-refractivity contribution is -0.133. The van der Waals surface area contributed by atoms with E-state index in [1.165, 1.54) is 13.8 Å². The Morgan fingerprint density at radius 3 is 1.86 bits per heavy atom. The van der Waals surface area contributed by atoms with Crippen LogP contribution in [0.15, 0.2) is 0 Å². The normalized spacial score (nSPS) is 11.4. The van der Waals surface area contributed by atoms with Crippen LogP contribution in [0.5, 0.6) is 0 Å². The van der Waals surface area contributed by atoms with Gasteiger partial charge in [0.15, 0.2) is 0 Å². The fourth-order valence-corrected chi connectivity index (χ4v) is 0. The van der Waals surface area contributed by atoms with E-state index in [0.717, 1.165) is 0 Å². The van der Waals surface area contributed by atoms with Crippen LogP contribution in [-0.4, -0.2) is 11.6 Å². The molecule has 0 rings (SSSR count). The predicted molar refractivity (Wildman–Crippen MR) is 24.4 cm³/mol. The van der Waals surface area contributed by atoms with Gasteiger partial charge in [-0.3, -0.25) is 4.79 Å². The zero-order chi connectivity index (χ0) is 6.08. The Kier molecular flexibility index (Phi) is 1.48. The zero-order valence-electron chi connectivity index (χ0n) is 4.36. The molecule has 0 bridgehead atoms. The molecule has 3 heteroatoms. The molecule has 0 aliphatic carbocycles. The number of nitrogens with two attached hydrogens (primary N) is 1. The number of carbonyl (C=O) groups excluding carboxylic acids is 1. The number of halogens is 1. The standard InChI is InChI=1S/C4H8FNO/c1-4(2,6)3(5)7/h6H2,1-2H3. The van der Waals surface area contributed by atoms with E-state index in [1.54, 1.807) is 0 Å².